The van der Waals surface area contributed by atoms with Crippen LogP contribution < -0.4 is 4.72 Å². The maximum absolute atomic E-state index is 13.3. The van der Waals surface area contributed by atoms with Crippen LogP contribution in [-0.4, -0.2) is 58.1 Å². The first-order valence-electron chi connectivity index (χ1n) is 12.0. The van der Waals surface area contributed by atoms with Crippen LogP contribution in [0.2, 0.25) is 0 Å². The van der Waals surface area contributed by atoms with Crippen molar-refractivity contribution < 1.29 is 21.6 Å². The predicted octanol–water partition coefficient (Wildman–Crippen LogP) is 3.87. The Morgan fingerprint density at radius 1 is 0.730 bits per heavy atom. The summed E-state index contributed by atoms with van der Waals surface area (Å²) in [7, 11) is -7.59. The Bertz CT molecular complexity index is 1540. The number of sulfonamides is 2. The van der Waals surface area contributed by atoms with Crippen molar-refractivity contribution in [3.8, 4) is 0 Å². The number of hydrogen-bond donors (Lipinski definition) is 1. The third kappa shape index (κ3) is 5.71. The van der Waals surface area contributed by atoms with Crippen molar-refractivity contribution in [1.29, 1.82) is 0 Å². The number of hydrogen-bond acceptors (Lipinski definition) is 5. The van der Waals surface area contributed by atoms with Crippen LogP contribution in [-0.2, 0) is 20.0 Å². The van der Waals surface area contributed by atoms with Gasteiger partial charge >= 0.3 is 0 Å². The Morgan fingerprint density at radius 3 is 1.97 bits per heavy atom. The largest absolute Gasteiger partial charge is 0.336 e. The molecule has 1 N–H and O–H groups in total. The van der Waals surface area contributed by atoms with E-state index in [9.17, 15) is 21.6 Å². The van der Waals surface area contributed by atoms with Crippen LogP contribution in [0, 0.1) is 27.7 Å². The Labute approximate surface area is 219 Å². The maximum atomic E-state index is 13.3. The molecular formula is C27H31N3O5S2. The lowest BCUT2D eigenvalue weighted by molar-refractivity contribution is 0.0697. The third-order valence-corrected chi connectivity index (χ3v) is 9.97. The van der Waals surface area contributed by atoms with Gasteiger partial charge in [-0.05, 0) is 74.7 Å². The Kier molecular flexibility index (Phi) is 7.45. The molecule has 4 rings (SSSR count). The molecule has 1 fully saturated rings. The standard InChI is InChI=1S/C27H31N3O5S2/c1-19-6-11-24(12-7-19)37(34,35)30-15-13-29(14-16-30)27(31)23-10-9-22(4)26(18-23)36(32,33)28-25-17-20(2)5-8-21(25)3/h5-12,17-18,28H,13-16H2,1-4H3. The molecule has 1 aliphatic rings. The normalized spacial score (nSPS) is 15.0. The van der Waals surface area contributed by atoms with Gasteiger partial charge in [0.15, 0.2) is 0 Å². The second-order valence-electron chi connectivity index (χ2n) is 9.41. The Morgan fingerprint density at radius 2 is 1.32 bits per heavy atom. The molecule has 3 aromatic rings. The number of carbonyl (C=O) groups excluding carboxylic acids is 1. The number of rotatable bonds is 6. The average Bonchev–Trinajstić information content (AvgIpc) is 2.86. The number of piperazine rings is 1. The lowest BCUT2D eigenvalue weighted by Crippen LogP contribution is -2.50. The highest BCUT2D eigenvalue weighted by Gasteiger charge is 2.31. The number of nitrogens with zero attached hydrogens (tertiary/aromatic N) is 2. The van der Waals surface area contributed by atoms with Gasteiger partial charge in [0, 0.05) is 31.7 Å². The molecule has 0 atom stereocenters. The quantitative estimate of drug-likeness (QED) is 0.510. The first-order chi connectivity index (χ1) is 17.4. The van der Waals surface area contributed by atoms with Gasteiger partial charge in [-0.1, -0.05) is 35.9 Å². The monoisotopic (exact) mass is 541 g/mol. The third-order valence-electron chi connectivity index (χ3n) is 6.55. The predicted molar refractivity (Wildman–Crippen MR) is 144 cm³/mol. The molecule has 0 aliphatic carbocycles. The van der Waals surface area contributed by atoms with E-state index in [2.05, 4.69) is 4.72 Å². The summed E-state index contributed by atoms with van der Waals surface area (Å²) in [5, 5.41) is 0. The molecule has 0 saturated carbocycles. The molecule has 8 nitrogen and oxygen atoms in total. The lowest BCUT2D eigenvalue weighted by Gasteiger charge is -2.34. The number of benzene rings is 3. The van der Waals surface area contributed by atoms with Crippen LogP contribution in [0.3, 0.4) is 0 Å². The first-order valence-corrected chi connectivity index (χ1v) is 14.9. The van der Waals surface area contributed by atoms with Gasteiger partial charge in [-0.2, -0.15) is 4.31 Å². The van der Waals surface area contributed by atoms with Crippen LogP contribution in [0.25, 0.3) is 0 Å². The topological polar surface area (TPSA) is 104 Å². The van der Waals surface area contributed by atoms with E-state index in [1.165, 1.54) is 10.4 Å². The van der Waals surface area contributed by atoms with Crippen LogP contribution in [0.5, 0.6) is 0 Å². The lowest BCUT2D eigenvalue weighted by atomic mass is 10.1. The van der Waals surface area contributed by atoms with Gasteiger partial charge in [-0.15, -0.1) is 0 Å². The molecule has 0 spiro atoms. The second kappa shape index (κ2) is 10.3. The minimum Gasteiger partial charge on any atom is -0.336 e. The fourth-order valence-electron chi connectivity index (χ4n) is 4.24. The second-order valence-corrected chi connectivity index (χ2v) is 13.0. The van der Waals surface area contributed by atoms with Crippen LogP contribution in [0.4, 0.5) is 5.69 Å². The molecule has 0 unspecified atom stereocenters. The summed E-state index contributed by atoms with van der Waals surface area (Å²) in [4.78, 5) is 15.1. The molecule has 1 heterocycles. The van der Waals surface area contributed by atoms with E-state index in [0.29, 0.717) is 11.3 Å². The molecule has 0 aromatic heterocycles. The molecule has 1 saturated heterocycles. The Hall–Kier alpha value is -3.21. The van der Waals surface area contributed by atoms with Crippen molar-refractivity contribution in [3.05, 3.63) is 88.5 Å². The zero-order valence-electron chi connectivity index (χ0n) is 21.4. The highest BCUT2D eigenvalue weighted by molar-refractivity contribution is 7.92. The summed E-state index contributed by atoms with van der Waals surface area (Å²) >= 11 is 0. The van der Waals surface area contributed by atoms with E-state index in [0.717, 1.165) is 16.7 Å². The van der Waals surface area contributed by atoms with E-state index >= 15 is 0 Å². The number of anilines is 1. The zero-order chi connectivity index (χ0) is 27.0. The van der Waals surface area contributed by atoms with Gasteiger partial charge < -0.3 is 4.90 Å². The molecule has 0 radical (unpaired) electrons. The summed E-state index contributed by atoms with van der Waals surface area (Å²) in [6, 6.07) is 16.8. The summed E-state index contributed by atoms with van der Waals surface area (Å²) < 4.78 is 56.5. The number of carbonyl (C=O) groups is 1. The van der Waals surface area contributed by atoms with Gasteiger partial charge in [0.2, 0.25) is 10.0 Å². The van der Waals surface area contributed by atoms with E-state index in [1.54, 1.807) is 54.3 Å². The summed E-state index contributed by atoms with van der Waals surface area (Å²) in [6.07, 6.45) is 0. The van der Waals surface area contributed by atoms with Crippen LogP contribution in [0.1, 0.15) is 32.6 Å². The van der Waals surface area contributed by atoms with Gasteiger partial charge in [0.25, 0.3) is 15.9 Å². The summed E-state index contributed by atoms with van der Waals surface area (Å²) in [5.74, 6) is -0.337. The zero-order valence-corrected chi connectivity index (χ0v) is 23.0. The average molecular weight is 542 g/mol. The van der Waals surface area contributed by atoms with E-state index in [-0.39, 0.29) is 47.4 Å². The molecule has 1 amide bonds. The van der Waals surface area contributed by atoms with Crippen LogP contribution in [0.15, 0.2) is 70.5 Å². The highest BCUT2D eigenvalue weighted by atomic mass is 32.2. The van der Waals surface area contributed by atoms with Crippen LogP contribution >= 0.6 is 0 Å². The SMILES string of the molecule is Cc1ccc(S(=O)(=O)N2CCN(C(=O)c3ccc(C)c(S(=O)(=O)Nc4cc(C)ccc4C)c3)CC2)cc1. The first kappa shape index (κ1) is 26.8. The minimum atomic E-state index is -3.94. The van der Waals surface area contributed by atoms with Gasteiger partial charge in [0.05, 0.1) is 15.5 Å². The molecule has 0 bridgehead atoms. The van der Waals surface area contributed by atoms with Crippen molar-refractivity contribution >= 4 is 31.6 Å². The molecule has 3 aromatic carbocycles. The number of nitrogens with one attached hydrogen (secondary N) is 1. The van der Waals surface area contributed by atoms with Crippen molar-refractivity contribution in [2.24, 2.45) is 0 Å². The summed E-state index contributed by atoms with van der Waals surface area (Å²) in [5.41, 5.74) is 3.93. The van der Waals surface area contributed by atoms with Crippen molar-refractivity contribution in [1.82, 2.24) is 9.21 Å². The fraction of sp³-hybridized carbons (Fsp3) is 0.296. The highest BCUT2D eigenvalue weighted by Crippen LogP contribution is 2.25. The molecule has 37 heavy (non-hydrogen) atoms. The van der Waals surface area contributed by atoms with Crippen molar-refractivity contribution in [3.63, 3.8) is 0 Å². The van der Waals surface area contributed by atoms with Gasteiger partial charge in [-0.3, -0.25) is 9.52 Å². The maximum Gasteiger partial charge on any atom is 0.262 e. The van der Waals surface area contributed by atoms with Gasteiger partial charge in [0.1, 0.15) is 0 Å². The number of aryl methyl sites for hydroxylation is 4. The fourth-order valence-corrected chi connectivity index (χ4v) is 7.06. The Balaban J connectivity index is 1.50. The minimum absolute atomic E-state index is 0.0276. The molecule has 1 aliphatic heterocycles. The van der Waals surface area contributed by atoms with Crippen molar-refractivity contribution in [2.75, 3.05) is 30.9 Å². The molecule has 10 heteroatoms. The van der Waals surface area contributed by atoms with Gasteiger partial charge in [-0.25, -0.2) is 16.8 Å². The molecule has 196 valence electrons. The summed E-state index contributed by atoms with van der Waals surface area (Å²) in [6.45, 7) is 8.01. The molecular weight excluding hydrogens is 510 g/mol. The van der Waals surface area contributed by atoms with Crippen molar-refractivity contribution in [2.45, 2.75) is 37.5 Å². The number of amides is 1. The van der Waals surface area contributed by atoms with E-state index in [4.69, 9.17) is 0 Å². The smallest absolute Gasteiger partial charge is 0.262 e. The van der Waals surface area contributed by atoms with E-state index < -0.39 is 20.0 Å². The van der Waals surface area contributed by atoms with E-state index in [1.807, 2.05) is 32.9 Å².